The Balaban J connectivity index is 0.00000192. The third-order valence-corrected chi connectivity index (χ3v) is 4.55. The second-order valence-corrected chi connectivity index (χ2v) is 6.06. The van der Waals surface area contributed by atoms with Crippen LogP contribution in [0.25, 0.3) is 0 Å². The summed E-state index contributed by atoms with van der Waals surface area (Å²) in [6, 6.07) is 32.6. The van der Waals surface area contributed by atoms with E-state index in [2.05, 4.69) is 105 Å². The predicted molar refractivity (Wildman–Crippen MR) is 101 cm³/mol. The predicted octanol–water partition coefficient (Wildman–Crippen LogP) is 6.31. The Bertz CT molecular complexity index is 600. The van der Waals surface area contributed by atoms with Crippen molar-refractivity contribution in [3.63, 3.8) is 0 Å². The van der Waals surface area contributed by atoms with Crippen molar-refractivity contribution in [2.75, 3.05) is 0 Å². The van der Waals surface area contributed by atoms with Crippen LogP contribution in [-0.2, 0) is 5.41 Å². The van der Waals surface area contributed by atoms with Crippen LogP contribution in [0.5, 0.6) is 0 Å². The van der Waals surface area contributed by atoms with Gasteiger partial charge in [-0.1, -0.05) is 112 Å². The van der Waals surface area contributed by atoms with Crippen LogP contribution in [0.2, 0.25) is 0 Å². The lowest BCUT2D eigenvalue weighted by Crippen LogP contribution is -2.35. The second kappa shape index (κ2) is 7.28. The molecule has 0 aliphatic carbocycles. The fourth-order valence-corrected chi connectivity index (χ4v) is 3.60. The number of hydrogen-bond donors (Lipinski definition) is 0. The normalized spacial score (nSPS) is 11.1. The molecule has 0 heteroatoms. The van der Waals surface area contributed by atoms with Gasteiger partial charge in [0.2, 0.25) is 0 Å². The van der Waals surface area contributed by atoms with Gasteiger partial charge in [0, 0.05) is 5.41 Å². The first-order valence-corrected chi connectivity index (χ1v) is 7.93. The average molecular weight is 302 g/mol. The Labute approximate surface area is 140 Å². The molecule has 0 radical (unpaired) electrons. The molecular weight excluding hydrogens is 276 g/mol. The highest BCUT2D eigenvalue weighted by Crippen LogP contribution is 2.44. The molecule has 0 aliphatic rings. The molecule has 23 heavy (non-hydrogen) atoms. The second-order valence-electron chi connectivity index (χ2n) is 6.06. The van der Waals surface area contributed by atoms with Crippen molar-refractivity contribution < 1.29 is 0 Å². The summed E-state index contributed by atoms with van der Waals surface area (Å²) >= 11 is 0. The van der Waals surface area contributed by atoms with E-state index in [1.807, 2.05) is 0 Å². The van der Waals surface area contributed by atoms with Crippen LogP contribution in [-0.4, -0.2) is 0 Å². The fraction of sp³-hybridized carbons (Fsp3) is 0.217. The Hall–Kier alpha value is -2.34. The van der Waals surface area contributed by atoms with Gasteiger partial charge in [-0.15, -0.1) is 0 Å². The molecular formula is C23H26. The summed E-state index contributed by atoms with van der Waals surface area (Å²) in [7, 11) is 0. The molecule has 0 unspecified atom stereocenters. The molecule has 0 atom stereocenters. The van der Waals surface area contributed by atoms with Gasteiger partial charge in [0.1, 0.15) is 0 Å². The third kappa shape index (κ3) is 2.94. The molecule has 0 aliphatic heterocycles. The zero-order valence-corrected chi connectivity index (χ0v) is 13.2. The first-order valence-electron chi connectivity index (χ1n) is 7.93. The van der Waals surface area contributed by atoms with E-state index in [9.17, 15) is 0 Å². The van der Waals surface area contributed by atoms with Crippen molar-refractivity contribution in [2.45, 2.75) is 26.7 Å². The van der Waals surface area contributed by atoms with E-state index in [1.165, 1.54) is 16.7 Å². The lowest BCUT2D eigenvalue weighted by molar-refractivity contribution is 0.438. The molecule has 3 rings (SSSR count). The van der Waals surface area contributed by atoms with E-state index in [1.54, 1.807) is 0 Å². The molecule has 0 heterocycles. The van der Waals surface area contributed by atoms with E-state index in [0.717, 1.165) is 0 Å². The minimum Gasteiger partial charge on any atom is -0.0776 e. The molecule has 0 saturated heterocycles. The van der Waals surface area contributed by atoms with Crippen molar-refractivity contribution in [3.05, 3.63) is 108 Å². The maximum Gasteiger partial charge on any atom is 0.0474 e. The Morgan fingerprint density at radius 2 is 0.783 bits per heavy atom. The van der Waals surface area contributed by atoms with Gasteiger partial charge in [-0.3, -0.25) is 0 Å². The van der Waals surface area contributed by atoms with Crippen LogP contribution in [0.1, 0.15) is 38.0 Å². The largest absolute Gasteiger partial charge is 0.0776 e. The smallest absolute Gasteiger partial charge is 0.0474 e. The molecule has 0 fully saturated rings. The Kier molecular flexibility index (Phi) is 5.39. The van der Waals surface area contributed by atoms with Gasteiger partial charge < -0.3 is 0 Å². The average Bonchev–Trinajstić information content (AvgIpc) is 2.58. The van der Waals surface area contributed by atoms with Crippen molar-refractivity contribution in [1.82, 2.24) is 0 Å². The summed E-state index contributed by atoms with van der Waals surface area (Å²) in [6.45, 7) is 4.62. The first-order chi connectivity index (χ1) is 10.8. The van der Waals surface area contributed by atoms with E-state index in [-0.39, 0.29) is 12.8 Å². The van der Waals surface area contributed by atoms with Crippen LogP contribution in [0.3, 0.4) is 0 Å². The minimum absolute atomic E-state index is 0. The standard InChI is InChI=1S/C22H22.CH4/c1-18(2)22(19-12-6-3-7-13-19,20-14-8-4-9-15-20)21-16-10-5-11-17-21;/h3-18H,1-2H3;1H4. The zero-order chi connectivity index (χ0) is 15.4. The summed E-state index contributed by atoms with van der Waals surface area (Å²) in [4.78, 5) is 0. The van der Waals surface area contributed by atoms with E-state index in [0.29, 0.717) is 5.92 Å². The molecule has 0 saturated carbocycles. The van der Waals surface area contributed by atoms with E-state index >= 15 is 0 Å². The summed E-state index contributed by atoms with van der Waals surface area (Å²) in [6.07, 6.45) is 0. The molecule has 0 bridgehead atoms. The van der Waals surface area contributed by atoms with Crippen molar-refractivity contribution >= 4 is 0 Å². The lowest BCUT2D eigenvalue weighted by atomic mass is 9.63. The van der Waals surface area contributed by atoms with E-state index < -0.39 is 0 Å². The molecule has 3 aromatic rings. The van der Waals surface area contributed by atoms with E-state index in [4.69, 9.17) is 0 Å². The Morgan fingerprint density at radius 3 is 1.00 bits per heavy atom. The van der Waals surface area contributed by atoms with Crippen LogP contribution < -0.4 is 0 Å². The maximum absolute atomic E-state index is 2.31. The highest BCUT2D eigenvalue weighted by molar-refractivity contribution is 5.50. The summed E-state index contributed by atoms with van der Waals surface area (Å²) < 4.78 is 0. The van der Waals surface area contributed by atoms with Gasteiger partial charge in [0.25, 0.3) is 0 Å². The first kappa shape index (κ1) is 17.0. The summed E-state index contributed by atoms with van der Waals surface area (Å²) in [5.74, 6) is 0.444. The van der Waals surface area contributed by atoms with Gasteiger partial charge in [0.05, 0.1) is 0 Å². The molecule has 3 aromatic carbocycles. The molecule has 118 valence electrons. The Morgan fingerprint density at radius 1 is 0.522 bits per heavy atom. The number of hydrogen-bond acceptors (Lipinski definition) is 0. The number of benzene rings is 3. The molecule has 0 nitrogen and oxygen atoms in total. The lowest BCUT2D eigenvalue weighted by Gasteiger charge is -2.39. The monoisotopic (exact) mass is 302 g/mol. The highest BCUT2D eigenvalue weighted by atomic mass is 14.4. The van der Waals surface area contributed by atoms with Gasteiger partial charge in [-0.25, -0.2) is 0 Å². The summed E-state index contributed by atoms with van der Waals surface area (Å²) in [5.41, 5.74) is 3.93. The quantitative estimate of drug-likeness (QED) is 0.495. The van der Waals surface area contributed by atoms with Crippen LogP contribution in [0.15, 0.2) is 91.0 Å². The van der Waals surface area contributed by atoms with Gasteiger partial charge in [-0.05, 0) is 22.6 Å². The topological polar surface area (TPSA) is 0 Å². The van der Waals surface area contributed by atoms with Gasteiger partial charge in [0.15, 0.2) is 0 Å². The zero-order valence-electron chi connectivity index (χ0n) is 13.2. The van der Waals surface area contributed by atoms with Crippen LogP contribution >= 0.6 is 0 Å². The minimum atomic E-state index is -0.121. The van der Waals surface area contributed by atoms with Crippen LogP contribution in [0.4, 0.5) is 0 Å². The fourth-order valence-electron chi connectivity index (χ4n) is 3.60. The third-order valence-electron chi connectivity index (χ3n) is 4.55. The molecule has 0 spiro atoms. The van der Waals surface area contributed by atoms with Gasteiger partial charge >= 0.3 is 0 Å². The maximum atomic E-state index is 2.31. The highest BCUT2D eigenvalue weighted by Gasteiger charge is 2.38. The van der Waals surface area contributed by atoms with Crippen molar-refractivity contribution in [3.8, 4) is 0 Å². The van der Waals surface area contributed by atoms with Crippen molar-refractivity contribution in [1.29, 1.82) is 0 Å². The van der Waals surface area contributed by atoms with Crippen molar-refractivity contribution in [2.24, 2.45) is 5.92 Å². The molecule has 0 aromatic heterocycles. The molecule has 0 amide bonds. The van der Waals surface area contributed by atoms with Crippen LogP contribution in [0, 0.1) is 5.92 Å². The SMILES string of the molecule is C.CC(C)C(c1ccccc1)(c1ccccc1)c1ccccc1. The summed E-state index contributed by atoms with van der Waals surface area (Å²) in [5, 5.41) is 0. The molecule has 0 N–H and O–H groups in total. The number of rotatable bonds is 4. The van der Waals surface area contributed by atoms with Gasteiger partial charge in [-0.2, -0.15) is 0 Å².